The van der Waals surface area contributed by atoms with Gasteiger partial charge in [0.25, 0.3) is 0 Å². The summed E-state index contributed by atoms with van der Waals surface area (Å²) >= 11 is 0. The molecule has 4 nitrogen and oxygen atoms in total. The van der Waals surface area contributed by atoms with Crippen LogP contribution in [0.1, 0.15) is 24.8 Å². The number of ether oxygens (including phenoxy) is 1. The smallest absolute Gasteiger partial charge is 0.119 e. The molecule has 1 atom stereocenters. The van der Waals surface area contributed by atoms with Crippen molar-refractivity contribution < 1.29 is 4.74 Å². The lowest BCUT2D eigenvalue weighted by Crippen LogP contribution is -2.36. The molecule has 2 heterocycles. The van der Waals surface area contributed by atoms with E-state index in [2.05, 4.69) is 9.80 Å². The topological polar surface area (TPSA) is 41.7 Å². The van der Waals surface area contributed by atoms with Crippen molar-refractivity contribution >= 4 is 0 Å². The number of likely N-dealkylation sites (tertiary alicyclic amines) is 2. The fourth-order valence-corrected chi connectivity index (χ4v) is 3.47. The van der Waals surface area contributed by atoms with Gasteiger partial charge < -0.3 is 10.5 Å². The van der Waals surface area contributed by atoms with Gasteiger partial charge in [0.05, 0.1) is 0 Å². The number of hydrogen-bond donors (Lipinski definition) is 1. The molecule has 4 heteroatoms. The molecule has 0 spiro atoms. The Morgan fingerprint density at radius 2 is 2.05 bits per heavy atom. The standard InChI is InChI=1S/C17H27N3O/c18-13-15-4-3-5-17(12-15)21-11-10-19-9-6-16(14-19)20-7-1-2-8-20/h3-5,12,16H,1-2,6-11,13-14,18H2. The number of hydrogen-bond acceptors (Lipinski definition) is 4. The molecule has 1 unspecified atom stereocenters. The summed E-state index contributed by atoms with van der Waals surface area (Å²) in [6, 6.07) is 8.88. The lowest BCUT2D eigenvalue weighted by atomic mass is 10.2. The van der Waals surface area contributed by atoms with Gasteiger partial charge in [-0.3, -0.25) is 9.80 Å². The third-order valence-corrected chi connectivity index (χ3v) is 4.71. The van der Waals surface area contributed by atoms with Crippen molar-refractivity contribution in [3.05, 3.63) is 29.8 Å². The highest BCUT2D eigenvalue weighted by Gasteiger charge is 2.28. The first-order chi connectivity index (χ1) is 10.3. The Morgan fingerprint density at radius 3 is 2.86 bits per heavy atom. The molecule has 0 aliphatic carbocycles. The normalized spacial score (nSPS) is 23.8. The van der Waals surface area contributed by atoms with Gasteiger partial charge in [-0.05, 0) is 56.6 Å². The second kappa shape index (κ2) is 7.25. The Labute approximate surface area is 127 Å². The molecule has 21 heavy (non-hydrogen) atoms. The Kier molecular flexibility index (Phi) is 5.12. The fraction of sp³-hybridized carbons (Fsp3) is 0.647. The van der Waals surface area contributed by atoms with Crippen LogP contribution in [0.2, 0.25) is 0 Å². The van der Waals surface area contributed by atoms with Crippen molar-refractivity contribution in [1.82, 2.24) is 9.80 Å². The highest BCUT2D eigenvalue weighted by molar-refractivity contribution is 5.28. The Balaban J connectivity index is 1.39. The minimum atomic E-state index is 0.570. The zero-order valence-electron chi connectivity index (χ0n) is 12.8. The first kappa shape index (κ1) is 14.8. The van der Waals surface area contributed by atoms with E-state index in [1.807, 2.05) is 24.3 Å². The first-order valence-corrected chi connectivity index (χ1v) is 8.23. The molecule has 0 radical (unpaired) electrons. The van der Waals surface area contributed by atoms with E-state index in [-0.39, 0.29) is 0 Å². The molecule has 0 bridgehead atoms. The largest absolute Gasteiger partial charge is 0.492 e. The van der Waals surface area contributed by atoms with E-state index in [1.165, 1.54) is 45.4 Å². The van der Waals surface area contributed by atoms with Crippen LogP contribution in [0.5, 0.6) is 5.75 Å². The van der Waals surface area contributed by atoms with Crippen molar-refractivity contribution in [2.24, 2.45) is 5.73 Å². The van der Waals surface area contributed by atoms with Gasteiger partial charge >= 0.3 is 0 Å². The number of nitrogens with zero attached hydrogens (tertiary/aromatic N) is 2. The molecular formula is C17H27N3O. The molecule has 1 aromatic rings. The highest BCUT2D eigenvalue weighted by atomic mass is 16.5. The van der Waals surface area contributed by atoms with Gasteiger partial charge in [-0.25, -0.2) is 0 Å². The maximum absolute atomic E-state index is 5.86. The van der Waals surface area contributed by atoms with E-state index in [1.54, 1.807) is 0 Å². The van der Waals surface area contributed by atoms with Crippen LogP contribution in [0.3, 0.4) is 0 Å². The minimum absolute atomic E-state index is 0.570. The second-order valence-corrected chi connectivity index (χ2v) is 6.19. The van der Waals surface area contributed by atoms with Crippen molar-refractivity contribution in [3.8, 4) is 5.75 Å². The highest BCUT2D eigenvalue weighted by Crippen LogP contribution is 2.20. The second-order valence-electron chi connectivity index (χ2n) is 6.19. The molecule has 2 N–H and O–H groups in total. The van der Waals surface area contributed by atoms with Gasteiger partial charge in [-0.15, -0.1) is 0 Å². The average Bonchev–Trinajstić information content (AvgIpc) is 3.18. The lowest BCUT2D eigenvalue weighted by molar-refractivity contribution is 0.207. The molecule has 0 amide bonds. The van der Waals surface area contributed by atoms with Crippen LogP contribution >= 0.6 is 0 Å². The van der Waals surface area contributed by atoms with Crippen LogP contribution in [0, 0.1) is 0 Å². The average molecular weight is 289 g/mol. The van der Waals surface area contributed by atoms with E-state index in [9.17, 15) is 0 Å². The third-order valence-electron chi connectivity index (χ3n) is 4.71. The predicted octanol–water partition coefficient (Wildman–Crippen LogP) is 1.69. The maximum Gasteiger partial charge on any atom is 0.119 e. The van der Waals surface area contributed by atoms with Crippen molar-refractivity contribution in [2.75, 3.05) is 39.3 Å². The van der Waals surface area contributed by atoms with Crippen molar-refractivity contribution in [3.63, 3.8) is 0 Å². The van der Waals surface area contributed by atoms with Crippen LogP contribution in [0.4, 0.5) is 0 Å². The summed E-state index contributed by atoms with van der Waals surface area (Å²) in [6.07, 6.45) is 4.09. The SMILES string of the molecule is NCc1cccc(OCCN2CCC(N3CCCC3)C2)c1. The monoisotopic (exact) mass is 289 g/mol. The summed E-state index contributed by atoms with van der Waals surface area (Å²) in [4.78, 5) is 5.21. The van der Waals surface area contributed by atoms with E-state index in [0.29, 0.717) is 6.54 Å². The maximum atomic E-state index is 5.86. The van der Waals surface area contributed by atoms with Crippen LogP contribution in [0.15, 0.2) is 24.3 Å². The first-order valence-electron chi connectivity index (χ1n) is 8.23. The predicted molar refractivity (Wildman–Crippen MR) is 85.5 cm³/mol. The summed E-state index contributed by atoms with van der Waals surface area (Å²) in [5.74, 6) is 0.938. The lowest BCUT2D eigenvalue weighted by Gasteiger charge is -2.23. The zero-order chi connectivity index (χ0) is 14.5. The van der Waals surface area contributed by atoms with E-state index in [4.69, 9.17) is 10.5 Å². The van der Waals surface area contributed by atoms with Gasteiger partial charge in [0.2, 0.25) is 0 Å². The van der Waals surface area contributed by atoms with Crippen molar-refractivity contribution in [2.45, 2.75) is 31.8 Å². The zero-order valence-corrected chi connectivity index (χ0v) is 12.8. The number of rotatable bonds is 6. The molecule has 2 aliphatic rings. The van der Waals surface area contributed by atoms with E-state index >= 15 is 0 Å². The molecule has 2 aliphatic heterocycles. The van der Waals surface area contributed by atoms with Gasteiger partial charge in [-0.2, -0.15) is 0 Å². The molecular weight excluding hydrogens is 262 g/mol. The third kappa shape index (κ3) is 3.96. The quantitative estimate of drug-likeness (QED) is 0.865. The molecule has 3 rings (SSSR count). The summed E-state index contributed by atoms with van der Waals surface area (Å²) in [7, 11) is 0. The van der Waals surface area contributed by atoms with Crippen LogP contribution < -0.4 is 10.5 Å². The Hall–Kier alpha value is -1.10. The Morgan fingerprint density at radius 1 is 1.19 bits per heavy atom. The summed E-state index contributed by atoms with van der Waals surface area (Å²) < 4.78 is 5.86. The van der Waals surface area contributed by atoms with Crippen LogP contribution in [-0.4, -0.2) is 55.2 Å². The van der Waals surface area contributed by atoms with Crippen LogP contribution in [-0.2, 0) is 6.54 Å². The molecule has 1 aromatic carbocycles. The molecule has 0 aromatic heterocycles. The van der Waals surface area contributed by atoms with Gasteiger partial charge in [0.15, 0.2) is 0 Å². The summed E-state index contributed by atoms with van der Waals surface area (Å²) in [5.41, 5.74) is 6.78. The number of nitrogens with two attached hydrogens (primary N) is 1. The van der Waals surface area contributed by atoms with Gasteiger partial charge in [0, 0.05) is 25.7 Å². The van der Waals surface area contributed by atoms with Gasteiger partial charge in [0.1, 0.15) is 12.4 Å². The molecule has 116 valence electrons. The van der Waals surface area contributed by atoms with E-state index < -0.39 is 0 Å². The van der Waals surface area contributed by atoms with Crippen LogP contribution in [0.25, 0.3) is 0 Å². The summed E-state index contributed by atoms with van der Waals surface area (Å²) in [6.45, 7) is 7.40. The van der Waals surface area contributed by atoms with E-state index in [0.717, 1.165) is 30.5 Å². The minimum Gasteiger partial charge on any atom is -0.492 e. The summed E-state index contributed by atoms with van der Waals surface area (Å²) in [5, 5.41) is 0. The Bertz CT molecular complexity index is 445. The van der Waals surface area contributed by atoms with Crippen molar-refractivity contribution in [1.29, 1.82) is 0 Å². The molecule has 0 saturated carbocycles. The number of benzene rings is 1. The van der Waals surface area contributed by atoms with Gasteiger partial charge in [-0.1, -0.05) is 12.1 Å². The molecule has 2 fully saturated rings. The molecule has 2 saturated heterocycles. The fourth-order valence-electron chi connectivity index (χ4n) is 3.47.